The highest BCUT2D eigenvalue weighted by Crippen LogP contribution is 2.17. The molecule has 0 aliphatic carbocycles. The van der Waals surface area contributed by atoms with Gasteiger partial charge in [0.15, 0.2) is 0 Å². The monoisotopic (exact) mass is 219 g/mol. The minimum Gasteiger partial charge on any atom is -0.480 e. The van der Waals surface area contributed by atoms with E-state index >= 15 is 0 Å². The van der Waals surface area contributed by atoms with Crippen LogP contribution >= 0.6 is 0 Å². The molecule has 1 saturated heterocycles. The van der Waals surface area contributed by atoms with Gasteiger partial charge in [-0.15, -0.1) is 0 Å². The minimum absolute atomic E-state index is 0.260. The molecule has 1 aliphatic heterocycles. The van der Waals surface area contributed by atoms with Gasteiger partial charge in [-0.1, -0.05) is 30.3 Å². The highest BCUT2D eigenvalue weighted by atomic mass is 16.4. The molecule has 1 aromatic carbocycles. The molecule has 1 heterocycles. The summed E-state index contributed by atoms with van der Waals surface area (Å²) in [5.41, 5.74) is 1.28. The summed E-state index contributed by atoms with van der Waals surface area (Å²) in [7, 11) is 0. The number of carbonyl (C=O) groups is 1. The van der Waals surface area contributed by atoms with Crippen LogP contribution in [0.2, 0.25) is 0 Å². The van der Waals surface area contributed by atoms with E-state index in [9.17, 15) is 4.79 Å². The Morgan fingerprint density at radius 3 is 2.81 bits per heavy atom. The Labute approximate surface area is 95.7 Å². The first-order valence-electron chi connectivity index (χ1n) is 5.78. The first-order chi connectivity index (χ1) is 7.77. The summed E-state index contributed by atoms with van der Waals surface area (Å²) in [6.07, 6.45) is 2.74. The van der Waals surface area contributed by atoms with Crippen molar-refractivity contribution in [3.05, 3.63) is 35.9 Å². The van der Waals surface area contributed by atoms with Crippen LogP contribution in [-0.4, -0.2) is 35.1 Å². The Morgan fingerprint density at radius 2 is 2.12 bits per heavy atom. The fraction of sp³-hybridized carbons (Fsp3) is 0.462. The van der Waals surface area contributed by atoms with Gasteiger partial charge in [-0.25, -0.2) is 0 Å². The van der Waals surface area contributed by atoms with Crippen LogP contribution in [0.25, 0.3) is 0 Å². The third-order valence-corrected chi connectivity index (χ3v) is 3.18. The van der Waals surface area contributed by atoms with Crippen molar-refractivity contribution in [1.29, 1.82) is 0 Å². The number of carboxylic acid groups (broad SMARTS) is 1. The molecular weight excluding hydrogens is 202 g/mol. The average molecular weight is 219 g/mol. The second kappa shape index (κ2) is 5.12. The van der Waals surface area contributed by atoms with Crippen LogP contribution in [0, 0.1) is 0 Å². The van der Waals surface area contributed by atoms with E-state index < -0.39 is 5.97 Å². The highest BCUT2D eigenvalue weighted by molar-refractivity contribution is 5.73. The Hall–Kier alpha value is -1.35. The molecule has 0 radical (unpaired) electrons. The zero-order chi connectivity index (χ0) is 11.4. The number of hydrogen-bond donors (Lipinski definition) is 1. The van der Waals surface area contributed by atoms with Crippen molar-refractivity contribution in [2.75, 3.05) is 13.1 Å². The van der Waals surface area contributed by atoms with Crippen molar-refractivity contribution in [3.8, 4) is 0 Å². The quantitative estimate of drug-likeness (QED) is 0.839. The van der Waals surface area contributed by atoms with Gasteiger partial charge in [0, 0.05) is 6.54 Å². The Bertz CT molecular complexity index is 350. The van der Waals surface area contributed by atoms with Crippen LogP contribution in [0.5, 0.6) is 0 Å². The molecule has 3 nitrogen and oxygen atoms in total. The van der Waals surface area contributed by atoms with E-state index in [-0.39, 0.29) is 6.04 Å². The van der Waals surface area contributed by atoms with Crippen LogP contribution in [0.1, 0.15) is 18.4 Å². The van der Waals surface area contributed by atoms with E-state index in [0.717, 1.165) is 32.4 Å². The smallest absolute Gasteiger partial charge is 0.320 e. The summed E-state index contributed by atoms with van der Waals surface area (Å²) in [4.78, 5) is 13.1. The lowest BCUT2D eigenvalue weighted by Crippen LogP contribution is -2.37. The molecule has 16 heavy (non-hydrogen) atoms. The van der Waals surface area contributed by atoms with Crippen molar-refractivity contribution in [1.82, 2.24) is 4.90 Å². The molecule has 1 N–H and O–H groups in total. The molecule has 0 unspecified atom stereocenters. The van der Waals surface area contributed by atoms with Crippen LogP contribution in [0.3, 0.4) is 0 Å². The molecule has 1 fully saturated rings. The van der Waals surface area contributed by atoms with Crippen LogP contribution in [-0.2, 0) is 11.2 Å². The van der Waals surface area contributed by atoms with E-state index in [1.54, 1.807) is 0 Å². The largest absolute Gasteiger partial charge is 0.480 e. The predicted octanol–water partition coefficient (Wildman–Crippen LogP) is 1.78. The summed E-state index contributed by atoms with van der Waals surface area (Å²) < 4.78 is 0. The predicted molar refractivity (Wildman–Crippen MR) is 62.4 cm³/mol. The number of aliphatic carboxylic acids is 1. The molecule has 86 valence electrons. The van der Waals surface area contributed by atoms with Gasteiger partial charge >= 0.3 is 5.97 Å². The lowest BCUT2D eigenvalue weighted by Gasteiger charge is -2.20. The maximum Gasteiger partial charge on any atom is 0.320 e. The zero-order valence-electron chi connectivity index (χ0n) is 9.30. The van der Waals surface area contributed by atoms with Gasteiger partial charge in [0.25, 0.3) is 0 Å². The number of rotatable bonds is 4. The molecule has 1 aliphatic rings. The van der Waals surface area contributed by atoms with Crippen LogP contribution < -0.4 is 0 Å². The Balaban J connectivity index is 1.88. The van der Waals surface area contributed by atoms with Crippen LogP contribution in [0.15, 0.2) is 30.3 Å². The topological polar surface area (TPSA) is 40.5 Å². The molecular formula is C13H17NO2. The lowest BCUT2D eigenvalue weighted by molar-refractivity contribution is -0.142. The van der Waals surface area contributed by atoms with Gasteiger partial charge in [-0.05, 0) is 31.4 Å². The van der Waals surface area contributed by atoms with Crippen molar-refractivity contribution in [2.45, 2.75) is 25.3 Å². The molecule has 2 rings (SSSR count). The summed E-state index contributed by atoms with van der Waals surface area (Å²) in [6.45, 7) is 1.77. The van der Waals surface area contributed by atoms with E-state index in [0.29, 0.717) is 0 Å². The van der Waals surface area contributed by atoms with Crippen molar-refractivity contribution >= 4 is 5.97 Å². The third-order valence-electron chi connectivity index (χ3n) is 3.18. The molecule has 1 aromatic rings. The molecule has 3 heteroatoms. The van der Waals surface area contributed by atoms with Gasteiger partial charge in [-0.2, -0.15) is 0 Å². The maximum atomic E-state index is 11.0. The van der Waals surface area contributed by atoms with Gasteiger partial charge in [0.2, 0.25) is 0 Å². The number of benzene rings is 1. The molecule has 0 aromatic heterocycles. The number of carboxylic acids is 1. The Kier molecular flexibility index (Phi) is 3.57. The number of nitrogens with zero attached hydrogens (tertiary/aromatic N) is 1. The van der Waals surface area contributed by atoms with Crippen LogP contribution in [0.4, 0.5) is 0 Å². The number of likely N-dealkylation sites (tertiary alicyclic amines) is 1. The lowest BCUT2D eigenvalue weighted by atomic mass is 10.1. The normalized spacial score (nSPS) is 21.1. The Morgan fingerprint density at radius 1 is 1.38 bits per heavy atom. The standard InChI is InChI=1S/C13H17NO2/c15-13(16)12-7-4-9-14(12)10-8-11-5-2-1-3-6-11/h1-3,5-6,12H,4,7-10H2,(H,15,16)/t12-/m1/s1. The summed E-state index contributed by atoms with van der Waals surface area (Å²) >= 11 is 0. The summed E-state index contributed by atoms with van der Waals surface area (Å²) in [6, 6.07) is 9.96. The van der Waals surface area contributed by atoms with Crippen molar-refractivity contribution in [2.24, 2.45) is 0 Å². The average Bonchev–Trinajstić information content (AvgIpc) is 2.76. The molecule has 0 amide bonds. The highest BCUT2D eigenvalue weighted by Gasteiger charge is 2.29. The maximum absolute atomic E-state index is 11.0. The van der Waals surface area contributed by atoms with E-state index in [2.05, 4.69) is 17.0 Å². The second-order valence-electron chi connectivity index (χ2n) is 4.27. The molecule has 0 spiro atoms. The van der Waals surface area contributed by atoms with Gasteiger partial charge in [0.1, 0.15) is 6.04 Å². The van der Waals surface area contributed by atoms with E-state index in [1.165, 1.54) is 5.56 Å². The van der Waals surface area contributed by atoms with Crippen molar-refractivity contribution in [3.63, 3.8) is 0 Å². The zero-order valence-corrected chi connectivity index (χ0v) is 9.30. The fourth-order valence-corrected chi connectivity index (χ4v) is 2.29. The first-order valence-corrected chi connectivity index (χ1v) is 5.78. The summed E-state index contributed by atoms with van der Waals surface area (Å²) in [5.74, 6) is -0.675. The molecule has 0 bridgehead atoms. The molecule has 0 saturated carbocycles. The third kappa shape index (κ3) is 2.61. The van der Waals surface area contributed by atoms with Gasteiger partial charge in [-0.3, -0.25) is 9.69 Å². The van der Waals surface area contributed by atoms with Gasteiger partial charge < -0.3 is 5.11 Å². The van der Waals surface area contributed by atoms with E-state index in [1.807, 2.05) is 18.2 Å². The van der Waals surface area contributed by atoms with Gasteiger partial charge in [0.05, 0.1) is 0 Å². The van der Waals surface area contributed by atoms with Crippen molar-refractivity contribution < 1.29 is 9.90 Å². The summed E-state index contributed by atoms with van der Waals surface area (Å²) in [5, 5.41) is 9.04. The SMILES string of the molecule is O=C(O)[C@H]1CCCN1CCc1ccccc1. The fourth-order valence-electron chi connectivity index (χ4n) is 2.29. The number of hydrogen-bond acceptors (Lipinski definition) is 2. The molecule has 1 atom stereocenters. The first kappa shape index (κ1) is 11.1. The van der Waals surface area contributed by atoms with E-state index in [4.69, 9.17) is 5.11 Å². The second-order valence-corrected chi connectivity index (χ2v) is 4.27. The minimum atomic E-state index is -0.675.